The Morgan fingerprint density at radius 2 is 1.76 bits per heavy atom. The van der Waals surface area contributed by atoms with Gasteiger partial charge in [0.1, 0.15) is 23.4 Å². The first kappa shape index (κ1) is 21.4. The molecular weight excluding hydrogens is 419 g/mol. The lowest BCUT2D eigenvalue weighted by Crippen LogP contribution is -2.35. The zero-order chi connectivity index (χ0) is 22.8. The van der Waals surface area contributed by atoms with Crippen LogP contribution in [0, 0.1) is 5.82 Å². The summed E-state index contributed by atoms with van der Waals surface area (Å²) in [6, 6.07) is 14.3. The first-order chi connectivity index (χ1) is 16.1. The van der Waals surface area contributed by atoms with E-state index in [4.69, 9.17) is 0 Å². The Bertz CT molecular complexity index is 1350. The Labute approximate surface area is 191 Å². The Kier molecular flexibility index (Phi) is 5.94. The second kappa shape index (κ2) is 9.17. The molecule has 1 aliphatic heterocycles. The van der Waals surface area contributed by atoms with Crippen molar-refractivity contribution in [3.05, 3.63) is 76.6 Å². The molecule has 1 saturated heterocycles. The predicted octanol–water partition coefficient (Wildman–Crippen LogP) is 4.14. The molecule has 7 heteroatoms. The summed E-state index contributed by atoms with van der Waals surface area (Å²) in [7, 11) is 0. The van der Waals surface area contributed by atoms with Crippen molar-refractivity contribution in [3.8, 4) is 0 Å². The lowest BCUT2D eigenvalue weighted by molar-refractivity contribution is -0.131. The van der Waals surface area contributed by atoms with E-state index in [1.54, 1.807) is 15.2 Å². The lowest BCUT2D eigenvalue weighted by Gasteiger charge is -2.21. The molecule has 170 valence electrons. The van der Waals surface area contributed by atoms with E-state index in [9.17, 15) is 14.0 Å². The van der Waals surface area contributed by atoms with Crippen molar-refractivity contribution in [2.75, 3.05) is 13.1 Å². The minimum atomic E-state index is -0.393. The van der Waals surface area contributed by atoms with Gasteiger partial charge in [-0.25, -0.2) is 9.37 Å². The van der Waals surface area contributed by atoms with Gasteiger partial charge in [0.2, 0.25) is 5.91 Å². The van der Waals surface area contributed by atoms with Crippen molar-refractivity contribution in [1.82, 2.24) is 19.0 Å². The number of benzene rings is 2. The normalized spacial score (nSPS) is 14.6. The number of aryl methyl sites for hydroxylation is 2. The molecule has 0 N–H and O–H groups in total. The SMILES string of the molecule is O=C(Cn1c2ccc(F)cc2c2ncn(CCc3ccccc3)c(=O)c21)N1CCCCCC1. The minimum absolute atomic E-state index is 0.0147. The number of halogens is 1. The van der Waals surface area contributed by atoms with Gasteiger partial charge in [-0.15, -0.1) is 0 Å². The smallest absolute Gasteiger partial charge is 0.277 e. The van der Waals surface area contributed by atoms with Crippen LogP contribution in [0.4, 0.5) is 4.39 Å². The van der Waals surface area contributed by atoms with Crippen LogP contribution < -0.4 is 5.56 Å². The van der Waals surface area contributed by atoms with E-state index >= 15 is 0 Å². The zero-order valence-corrected chi connectivity index (χ0v) is 18.5. The molecule has 1 aliphatic rings. The van der Waals surface area contributed by atoms with Crippen LogP contribution in [-0.4, -0.2) is 38.0 Å². The first-order valence-electron chi connectivity index (χ1n) is 11.6. The van der Waals surface area contributed by atoms with Gasteiger partial charge in [0.15, 0.2) is 0 Å². The number of amides is 1. The first-order valence-corrected chi connectivity index (χ1v) is 11.6. The molecule has 3 heterocycles. The summed E-state index contributed by atoms with van der Waals surface area (Å²) < 4.78 is 17.4. The van der Waals surface area contributed by atoms with Crippen molar-refractivity contribution in [2.24, 2.45) is 0 Å². The highest BCUT2D eigenvalue weighted by molar-refractivity contribution is 6.06. The highest BCUT2D eigenvalue weighted by Gasteiger charge is 2.22. The Morgan fingerprint density at radius 3 is 2.52 bits per heavy atom. The topological polar surface area (TPSA) is 60.1 Å². The number of fused-ring (bicyclic) bond motifs is 3. The fourth-order valence-electron chi connectivity index (χ4n) is 4.75. The van der Waals surface area contributed by atoms with Crippen LogP contribution >= 0.6 is 0 Å². The lowest BCUT2D eigenvalue weighted by atomic mass is 10.1. The van der Waals surface area contributed by atoms with Gasteiger partial charge < -0.3 is 9.47 Å². The monoisotopic (exact) mass is 446 g/mol. The van der Waals surface area contributed by atoms with Crippen molar-refractivity contribution >= 4 is 27.8 Å². The zero-order valence-electron chi connectivity index (χ0n) is 18.5. The van der Waals surface area contributed by atoms with Crippen molar-refractivity contribution in [1.29, 1.82) is 0 Å². The van der Waals surface area contributed by atoms with Gasteiger partial charge in [-0.3, -0.25) is 14.2 Å². The minimum Gasteiger partial charge on any atom is -0.341 e. The molecule has 5 rings (SSSR count). The second-order valence-corrected chi connectivity index (χ2v) is 8.72. The highest BCUT2D eigenvalue weighted by Crippen LogP contribution is 2.26. The fraction of sp³-hybridized carbons (Fsp3) is 0.346. The summed E-state index contributed by atoms with van der Waals surface area (Å²) in [5.41, 5.74) is 2.36. The van der Waals surface area contributed by atoms with Crippen LogP contribution in [-0.2, 0) is 24.3 Å². The maximum atomic E-state index is 14.1. The molecule has 0 unspecified atom stereocenters. The molecule has 33 heavy (non-hydrogen) atoms. The van der Waals surface area contributed by atoms with E-state index in [1.807, 2.05) is 35.2 Å². The summed E-state index contributed by atoms with van der Waals surface area (Å²) in [6.45, 7) is 2.00. The summed E-state index contributed by atoms with van der Waals surface area (Å²) in [4.78, 5) is 33.1. The van der Waals surface area contributed by atoms with Gasteiger partial charge in [0, 0.05) is 25.0 Å². The van der Waals surface area contributed by atoms with E-state index in [2.05, 4.69) is 4.98 Å². The highest BCUT2D eigenvalue weighted by atomic mass is 19.1. The van der Waals surface area contributed by atoms with Crippen LogP contribution in [0.15, 0.2) is 59.7 Å². The average Bonchev–Trinajstić information content (AvgIpc) is 2.98. The molecule has 0 radical (unpaired) electrons. The van der Waals surface area contributed by atoms with Gasteiger partial charge >= 0.3 is 0 Å². The fourth-order valence-corrected chi connectivity index (χ4v) is 4.75. The molecule has 2 aromatic heterocycles. The molecule has 1 fully saturated rings. The molecule has 0 saturated carbocycles. The predicted molar refractivity (Wildman–Crippen MR) is 127 cm³/mol. The molecular formula is C26H27FN4O2. The van der Waals surface area contributed by atoms with Crippen LogP contribution in [0.1, 0.15) is 31.2 Å². The van der Waals surface area contributed by atoms with E-state index < -0.39 is 5.82 Å². The van der Waals surface area contributed by atoms with E-state index in [1.165, 1.54) is 18.5 Å². The van der Waals surface area contributed by atoms with E-state index in [0.29, 0.717) is 34.9 Å². The van der Waals surface area contributed by atoms with Crippen LogP contribution in [0.3, 0.4) is 0 Å². The molecule has 1 amide bonds. The number of likely N-dealkylation sites (tertiary alicyclic amines) is 1. The Hall–Kier alpha value is -3.48. The van der Waals surface area contributed by atoms with Crippen LogP contribution in [0.5, 0.6) is 0 Å². The van der Waals surface area contributed by atoms with Crippen molar-refractivity contribution < 1.29 is 9.18 Å². The number of hydrogen-bond acceptors (Lipinski definition) is 3. The molecule has 0 bridgehead atoms. The summed E-state index contributed by atoms with van der Waals surface area (Å²) in [6.07, 6.45) is 6.48. The van der Waals surface area contributed by atoms with Gasteiger partial charge in [0.25, 0.3) is 5.56 Å². The third kappa shape index (κ3) is 4.27. The maximum Gasteiger partial charge on any atom is 0.277 e. The summed E-state index contributed by atoms with van der Waals surface area (Å²) >= 11 is 0. The van der Waals surface area contributed by atoms with Crippen molar-refractivity contribution in [2.45, 2.75) is 45.2 Å². The van der Waals surface area contributed by atoms with Gasteiger partial charge in [0.05, 0.1) is 11.8 Å². The summed E-state index contributed by atoms with van der Waals surface area (Å²) in [5, 5.41) is 0.556. The number of carbonyl (C=O) groups is 1. The number of carbonyl (C=O) groups excluding carboxylic acids is 1. The molecule has 2 aromatic carbocycles. The molecule has 0 atom stereocenters. The van der Waals surface area contributed by atoms with Crippen LogP contribution in [0.2, 0.25) is 0 Å². The van der Waals surface area contributed by atoms with Crippen LogP contribution in [0.25, 0.3) is 21.9 Å². The molecule has 6 nitrogen and oxygen atoms in total. The van der Waals surface area contributed by atoms with Gasteiger partial charge in [-0.05, 0) is 43.0 Å². The summed E-state index contributed by atoms with van der Waals surface area (Å²) in [5.74, 6) is -0.408. The second-order valence-electron chi connectivity index (χ2n) is 8.72. The molecule has 4 aromatic rings. The largest absolute Gasteiger partial charge is 0.341 e. The number of rotatable bonds is 5. The Balaban J connectivity index is 1.56. The van der Waals surface area contributed by atoms with E-state index in [-0.39, 0.29) is 18.0 Å². The van der Waals surface area contributed by atoms with Crippen molar-refractivity contribution in [3.63, 3.8) is 0 Å². The van der Waals surface area contributed by atoms with Gasteiger partial charge in [-0.2, -0.15) is 0 Å². The van der Waals surface area contributed by atoms with Gasteiger partial charge in [-0.1, -0.05) is 43.2 Å². The third-order valence-electron chi connectivity index (χ3n) is 6.52. The third-order valence-corrected chi connectivity index (χ3v) is 6.52. The maximum absolute atomic E-state index is 14.1. The van der Waals surface area contributed by atoms with E-state index in [0.717, 1.165) is 44.3 Å². The average molecular weight is 447 g/mol. The molecule has 0 spiro atoms. The number of aromatic nitrogens is 3. The Morgan fingerprint density at radius 1 is 1.00 bits per heavy atom. The molecule has 0 aliphatic carbocycles. The number of nitrogens with zero attached hydrogens (tertiary/aromatic N) is 4. The number of hydrogen-bond donors (Lipinski definition) is 0. The standard InChI is InChI=1S/C26H27FN4O2/c27-20-10-11-22-21(16-20)24-25(31(22)17-23(32)29-13-6-1-2-7-14-29)26(33)30(18-28-24)15-12-19-8-4-3-5-9-19/h3-5,8-11,16,18H,1-2,6-7,12-15,17H2. The quantitative estimate of drug-likeness (QED) is 0.463.